The molecule has 0 saturated heterocycles. The van der Waals surface area contributed by atoms with E-state index >= 15 is 35.1 Å². The van der Waals surface area contributed by atoms with Crippen LogP contribution in [-0.4, -0.2) is 0 Å². The fraction of sp³-hybridized carbons (Fsp3) is 0. The van der Waals surface area contributed by atoms with Gasteiger partial charge in [0.15, 0.2) is 46.5 Å². The molecule has 0 N–H and O–H groups in total. The van der Waals surface area contributed by atoms with E-state index in [-0.39, 0.29) is 11.1 Å². The smallest absolute Gasteiger partial charge is 0.237 e. The predicted molar refractivity (Wildman–Crippen MR) is 204 cm³/mol. The van der Waals surface area contributed by atoms with Crippen molar-refractivity contribution >= 4 is 50.5 Å². The molecular weight excluding hydrogens is 855 g/mol. The summed E-state index contributed by atoms with van der Waals surface area (Å²) in [6, 6.07) is 14.4. The minimum atomic E-state index is -2.35. The van der Waals surface area contributed by atoms with Crippen LogP contribution in [-0.2, 0) is 0 Å². The molecule has 302 valence electrons. The van der Waals surface area contributed by atoms with E-state index in [4.69, 9.17) is 19.7 Å². The van der Waals surface area contributed by atoms with Gasteiger partial charge in [-0.25, -0.2) is 58.4 Å². The molecule has 7 rings (SSSR count). The number of nitriles is 5. The van der Waals surface area contributed by atoms with Gasteiger partial charge in [-0.2, -0.15) is 26.3 Å². The fourth-order valence-corrected chi connectivity index (χ4v) is 7.57. The van der Waals surface area contributed by atoms with Crippen molar-refractivity contribution in [3.05, 3.63) is 202 Å². The lowest BCUT2D eigenvalue weighted by atomic mass is 9.81. The molecule has 0 amide bonds. The maximum Gasteiger partial charge on any atom is 0.262 e. The average molecular weight is 863 g/mol. The number of halogens is 10. The number of hydrogen-bond acceptors (Lipinski definition) is 5. The lowest BCUT2D eigenvalue weighted by Crippen LogP contribution is -2.09. The normalized spacial score (nSPS) is 13.9. The van der Waals surface area contributed by atoms with Crippen LogP contribution in [0.1, 0.15) is 61.2 Å². The summed E-state index contributed by atoms with van der Waals surface area (Å²) in [5, 5.41) is 52.8. The van der Waals surface area contributed by atoms with Crippen LogP contribution in [0.25, 0.3) is 59.4 Å². The molecule has 2 aliphatic rings. The number of fused-ring (bicyclic) bond motifs is 2. The van der Waals surface area contributed by atoms with Crippen LogP contribution < -0.4 is 0 Å². The van der Waals surface area contributed by atoms with Crippen molar-refractivity contribution in [2.75, 3.05) is 0 Å². The highest BCUT2D eigenvalue weighted by molar-refractivity contribution is 6.35. The zero-order chi connectivity index (χ0) is 46.6. The monoisotopic (exact) mass is 862 g/mol. The van der Waals surface area contributed by atoms with Gasteiger partial charge in [0.2, 0.25) is 11.4 Å². The van der Waals surface area contributed by atoms with Gasteiger partial charge in [-0.15, -0.1) is 0 Å². The first-order valence-electron chi connectivity index (χ1n) is 17.2. The first kappa shape index (κ1) is 42.4. The number of nitrogens with zero attached hydrogens (tertiary/aromatic N) is 8. The molecule has 5 aromatic carbocycles. The van der Waals surface area contributed by atoms with Gasteiger partial charge in [-0.05, 0) is 63.2 Å². The minimum absolute atomic E-state index is 0.313. The topological polar surface area (TPSA) is 132 Å². The van der Waals surface area contributed by atoms with E-state index in [2.05, 4.69) is 14.5 Å². The second kappa shape index (κ2) is 15.7. The lowest BCUT2D eigenvalue weighted by molar-refractivity contribution is 0.447. The highest BCUT2D eigenvalue weighted by atomic mass is 19.2. The molecule has 0 aromatic heterocycles. The van der Waals surface area contributed by atoms with Crippen LogP contribution in [0, 0.1) is 135 Å². The van der Waals surface area contributed by atoms with Gasteiger partial charge in [0, 0.05) is 16.7 Å². The molecule has 8 nitrogen and oxygen atoms in total. The minimum Gasteiger partial charge on any atom is -0.237 e. The van der Waals surface area contributed by atoms with Crippen molar-refractivity contribution in [2.45, 2.75) is 0 Å². The highest BCUT2D eigenvalue weighted by Gasteiger charge is 2.45. The fourth-order valence-electron chi connectivity index (χ4n) is 7.57. The molecule has 0 bridgehead atoms. The van der Waals surface area contributed by atoms with E-state index in [9.17, 15) is 35.1 Å². The maximum atomic E-state index is 16.0. The number of allylic oxidation sites excluding steroid dienone is 6. The largest absolute Gasteiger partial charge is 0.262 e. The predicted octanol–water partition coefficient (Wildman–Crippen LogP) is 11.7. The standard InChI is InChI=1S/C46H8F10N8/c1-62-44-27(18-6-10-20(48)11-7-18)29(24(15-60)33-38(51)42(55)46(64-3)43(56)39(33)52)31-23(14-59)30-28(22(13-58)32(31)44)21(12-57)26(17-4-8-19(47)9-5-17)34(30)45(63-2)35-40(53)36(49)25(16-61)37(50)41(35)54/h4-11H/b29-24+,45-34-. The van der Waals surface area contributed by atoms with E-state index in [1.807, 2.05) is 0 Å². The van der Waals surface area contributed by atoms with Crippen molar-refractivity contribution in [1.29, 1.82) is 26.3 Å². The molecule has 0 aliphatic heterocycles. The molecule has 0 radical (unpaired) electrons. The van der Waals surface area contributed by atoms with Crippen molar-refractivity contribution < 1.29 is 43.9 Å². The Hall–Kier alpha value is -9.72. The Labute approximate surface area is 352 Å². The molecule has 64 heavy (non-hydrogen) atoms. The highest BCUT2D eigenvalue weighted by Crippen LogP contribution is 2.60. The zero-order valence-corrected chi connectivity index (χ0v) is 31.0. The first-order chi connectivity index (χ1) is 30.6. The summed E-state index contributed by atoms with van der Waals surface area (Å²) in [7, 11) is 0. The van der Waals surface area contributed by atoms with Crippen LogP contribution in [0.3, 0.4) is 0 Å². The van der Waals surface area contributed by atoms with E-state index < -0.39 is 159 Å². The van der Waals surface area contributed by atoms with Gasteiger partial charge in [0.1, 0.15) is 41.5 Å². The molecule has 0 fully saturated rings. The second-order valence-corrected chi connectivity index (χ2v) is 13.1. The van der Waals surface area contributed by atoms with Crippen molar-refractivity contribution in [3.8, 4) is 30.3 Å². The quantitative estimate of drug-likeness (QED) is 0.0768. The number of rotatable bonds is 4. The molecule has 0 saturated carbocycles. The molecular formula is C46H8F10N8. The molecule has 2 aliphatic carbocycles. The molecule has 0 heterocycles. The zero-order valence-electron chi connectivity index (χ0n) is 31.0. The number of benzene rings is 5. The summed E-state index contributed by atoms with van der Waals surface area (Å²) >= 11 is 0. The number of hydrogen-bond donors (Lipinski definition) is 0. The lowest BCUT2D eigenvalue weighted by Gasteiger charge is -2.19. The summed E-state index contributed by atoms with van der Waals surface area (Å²) in [4.78, 5) is 9.01. The Balaban J connectivity index is 1.84. The summed E-state index contributed by atoms with van der Waals surface area (Å²) in [6.07, 6.45) is 0. The Morgan fingerprint density at radius 2 is 0.906 bits per heavy atom. The summed E-state index contributed by atoms with van der Waals surface area (Å²) < 4.78 is 154. The van der Waals surface area contributed by atoms with Crippen LogP contribution in [0.5, 0.6) is 0 Å². The van der Waals surface area contributed by atoms with Crippen LogP contribution in [0.15, 0.2) is 48.5 Å². The summed E-state index contributed by atoms with van der Waals surface area (Å²) in [5.41, 5.74) is -20.6. The van der Waals surface area contributed by atoms with E-state index in [1.54, 1.807) is 18.2 Å². The van der Waals surface area contributed by atoms with Crippen LogP contribution >= 0.6 is 0 Å². The molecule has 0 spiro atoms. The third-order valence-corrected chi connectivity index (χ3v) is 10.1. The van der Waals surface area contributed by atoms with Crippen LogP contribution in [0.4, 0.5) is 49.6 Å². The summed E-state index contributed by atoms with van der Waals surface area (Å²) in [5.74, 6) is -20.4. The molecule has 5 aromatic rings. The third-order valence-electron chi connectivity index (χ3n) is 10.1. The van der Waals surface area contributed by atoms with Gasteiger partial charge in [-0.3, -0.25) is 0 Å². The van der Waals surface area contributed by atoms with Gasteiger partial charge in [0.05, 0.1) is 59.2 Å². The van der Waals surface area contributed by atoms with Crippen molar-refractivity contribution in [3.63, 3.8) is 0 Å². The second-order valence-electron chi connectivity index (χ2n) is 13.1. The maximum absolute atomic E-state index is 16.0. The first-order valence-corrected chi connectivity index (χ1v) is 17.2. The Morgan fingerprint density at radius 3 is 1.33 bits per heavy atom. The Bertz CT molecular complexity index is 3280. The average Bonchev–Trinajstić information content (AvgIpc) is 3.81. The van der Waals surface area contributed by atoms with Gasteiger partial charge < -0.3 is 0 Å². The Morgan fingerprint density at radius 1 is 0.453 bits per heavy atom. The third kappa shape index (κ3) is 5.78. The van der Waals surface area contributed by atoms with Gasteiger partial charge >= 0.3 is 0 Å². The van der Waals surface area contributed by atoms with Gasteiger partial charge in [0.25, 0.3) is 5.69 Å². The van der Waals surface area contributed by atoms with E-state index in [1.165, 1.54) is 6.07 Å². The van der Waals surface area contributed by atoms with E-state index in [0.29, 0.717) is 0 Å². The molecule has 18 heteroatoms. The van der Waals surface area contributed by atoms with E-state index in [0.717, 1.165) is 54.6 Å². The van der Waals surface area contributed by atoms with Crippen molar-refractivity contribution in [2.24, 2.45) is 0 Å². The SMILES string of the molecule is [C-]#[N+]C1=C(c2ccc(F)cc2)/C(=C(/C#N)c2c(F)c(F)c([N+]#[C-])c(F)c2F)c2c(C#N)c3c(c(C#N)c21)C(C#N)=C(c1ccc(F)cc1)/C3=C(/[N+]#[C-])c1c(F)c(F)c(C#N)c(F)c1F. The molecule has 0 atom stereocenters. The van der Waals surface area contributed by atoms with Crippen molar-refractivity contribution in [1.82, 2.24) is 0 Å². The van der Waals surface area contributed by atoms with Crippen LogP contribution in [0.2, 0.25) is 0 Å². The molecule has 0 unspecified atom stereocenters. The Kier molecular flexibility index (Phi) is 10.4. The van der Waals surface area contributed by atoms with Gasteiger partial charge in [-0.1, -0.05) is 24.3 Å². The summed E-state index contributed by atoms with van der Waals surface area (Å²) in [6.45, 7) is 23.4.